The summed E-state index contributed by atoms with van der Waals surface area (Å²) in [5.74, 6) is 1.10. The number of likely N-dealkylation sites (N-methyl/N-ethyl adjacent to an activating group) is 1. The predicted molar refractivity (Wildman–Crippen MR) is 181 cm³/mol. The van der Waals surface area contributed by atoms with Crippen molar-refractivity contribution in [3.63, 3.8) is 0 Å². The lowest BCUT2D eigenvalue weighted by atomic mass is 10.0. The largest absolute Gasteiger partial charge is 0.495 e. The Bertz CT molecular complexity index is 1980. The highest BCUT2D eigenvalue weighted by Crippen LogP contribution is 2.45. The van der Waals surface area contributed by atoms with E-state index >= 15 is 0 Å². The van der Waals surface area contributed by atoms with Crippen LogP contribution in [0.15, 0.2) is 71.8 Å². The van der Waals surface area contributed by atoms with Crippen molar-refractivity contribution in [2.75, 3.05) is 45.5 Å². The standard InChI is InChI=1S/C32H32Cl2N8O4/c1-40(2)12-7-10-26(43)36-21-9-6-8-19(14-21)18-42-30-20(17-35-32(38-30)37-25-11-13-41(3)39-25)15-22(31(42)44)27-28(33)23(45-4)16-24(46-5)29(27)34/h6-11,13-17H,12,18H2,1-5H3,(H,36,43)(H,35,37,38,39)/b10-7+. The van der Waals surface area contributed by atoms with Crippen LogP contribution in [0.4, 0.5) is 17.5 Å². The van der Waals surface area contributed by atoms with Crippen LogP contribution in [0.3, 0.4) is 0 Å². The Balaban J connectivity index is 1.63. The molecular formula is C32H32Cl2N8O4. The van der Waals surface area contributed by atoms with Gasteiger partial charge >= 0.3 is 0 Å². The molecule has 0 unspecified atom stereocenters. The second-order valence-corrected chi connectivity index (χ2v) is 11.3. The average Bonchev–Trinajstić information content (AvgIpc) is 3.43. The first-order valence-corrected chi connectivity index (χ1v) is 14.8. The number of fused-ring (bicyclic) bond motifs is 1. The molecule has 5 rings (SSSR count). The average molecular weight is 664 g/mol. The summed E-state index contributed by atoms with van der Waals surface area (Å²) in [5.41, 5.74) is 1.68. The van der Waals surface area contributed by atoms with Crippen LogP contribution in [-0.4, -0.2) is 70.0 Å². The van der Waals surface area contributed by atoms with E-state index in [1.165, 1.54) is 24.9 Å². The van der Waals surface area contributed by atoms with Crippen molar-refractivity contribution < 1.29 is 14.3 Å². The fourth-order valence-electron chi connectivity index (χ4n) is 4.75. The second-order valence-electron chi connectivity index (χ2n) is 10.6. The van der Waals surface area contributed by atoms with Crippen LogP contribution in [0.2, 0.25) is 10.0 Å². The number of benzene rings is 2. The van der Waals surface area contributed by atoms with Gasteiger partial charge in [-0.05, 0) is 37.9 Å². The van der Waals surface area contributed by atoms with Crippen LogP contribution in [0.25, 0.3) is 22.2 Å². The van der Waals surface area contributed by atoms with E-state index in [0.717, 1.165) is 5.56 Å². The molecule has 2 N–H and O–H groups in total. The highest BCUT2D eigenvalue weighted by atomic mass is 35.5. The molecule has 0 saturated heterocycles. The first kappa shape index (κ1) is 32.5. The lowest BCUT2D eigenvalue weighted by Gasteiger charge is -2.17. The van der Waals surface area contributed by atoms with Gasteiger partial charge in [-0.3, -0.25) is 18.8 Å². The van der Waals surface area contributed by atoms with Crippen molar-refractivity contribution in [1.82, 2.24) is 29.2 Å². The van der Waals surface area contributed by atoms with Crippen LogP contribution in [0, 0.1) is 0 Å². The minimum atomic E-state index is -0.421. The summed E-state index contributed by atoms with van der Waals surface area (Å²) in [6.07, 6.45) is 6.64. The van der Waals surface area contributed by atoms with Gasteiger partial charge in [-0.1, -0.05) is 41.4 Å². The summed E-state index contributed by atoms with van der Waals surface area (Å²) < 4.78 is 14.1. The van der Waals surface area contributed by atoms with Gasteiger partial charge in [-0.25, -0.2) is 4.98 Å². The van der Waals surface area contributed by atoms with E-state index in [9.17, 15) is 9.59 Å². The van der Waals surface area contributed by atoms with Gasteiger partial charge in [0.15, 0.2) is 5.82 Å². The molecule has 3 heterocycles. The summed E-state index contributed by atoms with van der Waals surface area (Å²) in [4.78, 5) is 38.0. The molecule has 0 spiro atoms. The highest BCUT2D eigenvalue weighted by Gasteiger charge is 2.23. The molecule has 0 radical (unpaired) electrons. The molecule has 0 saturated carbocycles. The molecule has 14 heteroatoms. The Morgan fingerprint density at radius 2 is 1.80 bits per heavy atom. The molecule has 46 heavy (non-hydrogen) atoms. The van der Waals surface area contributed by atoms with Crippen molar-refractivity contribution >= 4 is 57.6 Å². The number of aromatic nitrogens is 5. The van der Waals surface area contributed by atoms with E-state index in [2.05, 4.69) is 20.7 Å². The molecule has 0 fully saturated rings. The van der Waals surface area contributed by atoms with Crippen molar-refractivity contribution in [2.45, 2.75) is 6.54 Å². The number of rotatable bonds is 11. The van der Waals surface area contributed by atoms with Crippen molar-refractivity contribution in [3.05, 3.63) is 93.0 Å². The summed E-state index contributed by atoms with van der Waals surface area (Å²) in [7, 11) is 8.56. The van der Waals surface area contributed by atoms with E-state index < -0.39 is 5.56 Å². The summed E-state index contributed by atoms with van der Waals surface area (Å²) >= 11 is 13.5. The maximum Gasteiger partial charge on any atom is 0.260 e. The van der Waals surface area contributed by atoms with Gasteiger partial charge in [0, 0.05) is 60.8 Å². The van der Waals surface area contributed by atoms with Crippen LogP contribution in [-0.2, 0) is 18.4 Å². The Hall–Kier alpha value is -4.91. The van der Waals surface area contributed by atoms with E-state index in [-0.39, 0.29) is 51.1 Å². The molecule has 12 nitrogen and oxygen atoms in total. The molecule has 0 bridgehead atoms. The quantitative estimate of drug-likeness (QED) is 0.180. The topological polar surface area (TPSA) is 128 Å². The Morgan fingerprint density at radius 1 is 1.07 bits per heavy atom. The lowest BCUT2D eigenvalue weighted by molar-refractivity contribution is -0.111. The molecule has 2 aromatic carbocycles. The van der Waals surface area contributed by atoms with E-state index in [1.54, 1.807) is 66.6 Å². The maximum atomic E-state index is 14.4. The number of hydrogen-bond donors (Lipinski definition) is 2. The number of anilines is 3. The zero-order valence-electron chi connectivity index (χ0n) is 25.8. The van der Waals surface area contributed by atoms with Crippen molar-refractivity contribution in [2.24, 2.45) is 7.05 Å². The Labute approximate surface area is 275 Å². The number of carbonyl (C=O) groups is 1. The number of methoxy groups -OCH3 is 2. The summed E-state index contributed by atoms with van der Waals surface area (Å²) in [6.45, 7) is 0.728. The molecular weight excluding hydrogens is 631 g/mol. The van der Waals surface area contributed by atoms with Crippen LogP contribution < -0.4 is 25.7 Å². The van der Waals surface area contributed by atoms with Crippen LogP contribution in [0.5, 0.6) is 11.5 Å². The molecule has 3 aromatic heterocycles. The number of nitrogens with one attached hydrogen (secondary N) is 2. The monoisotopic (exact) mass is 662 g/mol. The van der Waals surface area contributed by atoms with Crippen molar-refractivity contribution in [1.29, 1.82) is 0 Å². The third-order valence-corrected chi connectivity index (χ3v) is 7.65. The number of ether oxygens (including phenoxy) is 2. The third-order valence-electron chi connectivity index (χ3n) is 6.90. The number of nitrogens with zero attached hydrogens (tertiary/aromatic N) is 6. The van der Waals surface area contributed by atoms with E-state index in [0.29, 0.717) is 29.1 Å². The van der Waals surface area contributed by atoms with Gasteiger partial charge < -0.3 is 25.0 Å². The molecule has 0 aliphatic rings. The zero-order chi connectivity index (χ0) is 33.0. The van der Waals surface area contributed by atoms with Crippen molar-refractivity contribution in [3.8, 4) is 22.6 Å². The molecule has 5 aromatic rings. The second kappa shape index (κ2) is 14.0. The fourth-order valence-corrected chi connectivity index (χ4v) is 5.45. The van der Waals surface area contributed by atoms with Gasteiger partial charge in [0.2, 0.25) is 11.9 Å². The number of carbonyl (C=O) groups excluding carboxylic acids is 1. The molecule has 0 atom stereocenters. The number of aryl methyl sites for hydroxylation is 1. The normalized spacial score (nSPS) is 11.4. The Kier molecular flexibility index (Phi) is 9.90. The molecule has 238 valence electrons. The third kappa shape index (κ3) is 7.15. The minimum Gasteiger partial charge on any atom is -0.495 e. The van der Waals surface area contributed by atoms with Gasteiger partial charge in [0.25, 0.3) is 5.56 Å². The predicted octanol–water partition coefficient (Wildman–Crippen LogP) is 5.36. The fraction of sp³-hybridized carbons (Fsp3) is 0.219. The summed E-state index contributed by atoms with van der Waals surface area (Å²) in [5, 5.41) is 11.1. The van der Waals surface area contributed by atoms with Crippen LogP contribution in [0.1, 0.15) is 5.56 Å². The maximum absolute atomic E-state index is 14.4. The van der Waals surface area contributed by atoms with Gasteiger partial charge in [-0.15, -0.1) is 0 Å². The van der Waals surface area contributed by atoms with Crippen LogP contribution >= 0.6 is 23.2 Å². The number of amides is 1. The lowest BCUT2D eigenvalue weighted by Crippen LogP contribution is -2.24. The molecule has 0 aliphatic heterocycles. The number of hydrogen-bond acceptors (Lipinski definition) is 9. The summed E-state index contributed by atoms with van der Waals surface area (Å²) in [6, 6.07) is 12.2. The minimum absolute atomic E-state index is 0.0970. The SMILES string of the molecule is COc1cc(OC)c(Cl)c(-c2cc3cnc(Nc4ccn(C)n4)nc3n(Cc3cccc(NC(=O)/C=C/CN(C)C)c3)c2=O)c1Cl. The number of pyridine rings is 1. The first-order valence-electron chi connectivity index (χ1n) is 14.1. The van der Waals surface area contributed by atoms with E-state index in [4.69, 9.17) is 37.7 Å². The van der Waals surface area contributed by atoms with Gasteiger partial charge in [-0.2, -0.15) is 10.1 Å². The molecule has 1 amide bonds. The van der Waals surface area contributed by atoms with Gasteiger partial charge in [0.1, 0.15) is 17.1 Å². The molecule has 0 aliphatic carbocycles. The van der Waals surface area contributed by atoms with E-state index in [1.807, 2.05) is 25.1 Å². The van der Waals surface area contributed by atoms with Gasteiger partial charge in [0.05, 0.1) is 36.4 Å². The Morgan fingerprint density at radius 3 is 2.46 bits per heavy atom. The zero-order valence-corrected chi connectivity index (χ0v) is 27.3. The number of halogens is 2. The smallest absolute Gasteiger partial charge is 0.260 e. The highest BCUT2D eigenvalue weighted by molar-refractivity contribution is 6.41. The first-order chi connectivity index (χ1) is 22.1.